The standard InChI is InChI=1S/C15H23N3O/c1-5-15(6-2,7-3)18-11-9-8-10-12(19-4)13(11)17-14(18)16/h8-10H,5-7H2,1-4H3,(H2,16,17). The van der Waals surface area contributed by atoms with Gasteiger partial charge in [0.2, 0.25) is 5.95 Å². The van der Waals surface area contributed by atoms with Crippen molar-refractivity contribution in [2.24, 2.45) is 0 Å². The van der Waals surface area contributed by atoms with E-state index in [2.05, 4.69) is 36.4 Å². The van der Waals surface area contributed by atoms with E-state index in [4.69, 9.17) is 10.5 Å². The van der Waals surface area contributed by atoms with Crippen LogP contribution in [-0.2, 0) is 5.54 Å². The van der Waals surface area contributed by atoms with Crippen molar-refractivity contribution in [2.75, 3.05) is 12.8 Å². The lowest BCUT2D eigenvalue weighted by Gasteiger charge is -2.33. The second-order valence-corrected chi connectivity index (χ2v) is 4.92. The molecular weight excluding hydrogens is 238 g/mol. The van der Waals surface area contributed by atoms with Crippen molar-refractivity contribution in [3.8, 4) is 5.75 Å². The Morgan fingerprint density at radius 2 is 1.84 bits per heavy atom. The summed E-state index contributed by atoms with van der Waals surface area (Å²) in [5.41, 5.74) is 8.13. The minimum absolute atomic E-state index is 0.0329. The van der Waals surface area contributed by atoms with Gasteiger partial charge in [0.05, 0.1) is 12.6 Å². The Morgan fingerprint density at radius 3 is 2.37 bits per heavy atom. The molecule has 2 N–H and O–H groups in total. The molecule has 104 valence electrons. The van der Waals surface area contributed by atoms with Gasteiger partial charge in [0.15, 0.2) is 0 Å². The molecule has 0 radical (unpaired) electrons. The molecule has 0 aliphatic rings. The number of nitrogens with zero attached hydrogens (tertiary/aromatic N) is 2. The number of ether oxygens (including phenoxy) is 1. The van der Waals surface area contributed by atoms with E-state index in [9.17, 15) is 0 Å². The van der Waals surface area contributed by atoms with Crippen LogP contribution in [-0.4, -0.2) is 16.7 Å². The molecule has 0 aliphatic heterocycles. The van der Waals surface area contributed by atoms with Gasteiger partial charge in [-0.15, -0.1) is 0 Å². The van der Waals surface area contributed by atoms with Crippen LogP contribution >= 0.6 is 0 Å². The Kier molecular flexibility index (Phi) is 3.69. The zero-order chi connectivity index (χ0) is 14.0. The number of aromatic nitrogens is 2. The van der Waals surface area contributed by atoms with Crippen LogP contribution in [0.25, 0.3) is 11.0 Å². The molecule has 19 heavy (non-hydrogen) atoms. The highest BCUT2D eigenvalue weighted by atomic mass is 16.5. The molecule has 0 amide bonds. The van der Waals surface area contributed by atoms with Crippen molar-refractivity contribution < 1.29 is 4.74 Å². The predicted molar refractivity (Wildman–Crippen MR) is 79.5 cm³/mol. The second-order valence-electron chi connectivity index (χ2n) is 4.92. The van der Waals surface area contributed by atoms with Gasteiger partial charge in [0.25, 0.3) is 0 Å². The number of hydrogen-bond donors (Lipinski definition) is 1. The lowest BCUT2D eigenvalue weighted by Crippen LogP contribution is -2.32. The Bertz CT molecular complexity index is 562. The van der Waals surface area contributed by atoms with Crippen molar-refractivity contribution in [2.45, 2.75) is 45.6 Å². The molecule has 2 aromatic rings. The van der Waals surface area contributed by atoms with Crippen LogP contribution in [0.3, 0.4) is 0 Å². The average molecular weight is 261 g/mol. The summed E-state index contributed by atoms with van der Waals surface area (Å²) in [4.78, 5) is 4.51. The Balaban J connectivity index is 2.76. The van der Waals surface area contributed by atoms with Crippen molar-refractivity contribution >= 4 is 17.0 Å². The largest absolute Gasteiger partial charge is 0.494 e. The normalized spacial score (nSPS) is 12.0. The molecule has 1 aromatic heterocycles. The smallest absolute Gasteiger partial charge is 0.201 e. The number of nitrogen functional groups attached to an aromatic ring is 1. The van der Waals surface area contributed by atoms with Gasteiger partial charge < -0.3 is 15.0 Å². The second kappa shape index (κ2) is 5.11. The molecule has 0 saturated carbocycles. The van der Waals surface area contributed by atoms with Gasteiger partial charge in [-0.3, -0.25) is 0 Å². The molecule has 0 atom stereocenters. The molecule has 1 heterocycles. The SMILES string of the molecule is CCC(CC)(CC)n1c(N)nc2c(OC)cccc21. The summed E-state index contributed by atoms with van der Waals surface area (Å²) in [6, 6.07) is 5.98. The molecule has 0 spiro atoms. The number of methoxy groups -OCH3 is 1. The van der Waals surface area contributed by atoms with Gasteiger partial charge in [-0.2, -0.15) is 0 Å². The average Bonchev–Trinajstić information content (AvgIpc) is 2.79. The van der Waals surface area contributed by atoms with Crippen molar-refractivity contribution in [3.63, 3.8) is 0 Å². The first-order chi connectivity index (χ1) is 9.13. The molecule has 0 bridgehead atoms. The fourth-order valence-electron chi connectivity index (χ4n) is 2.98. The number of rotatable bonds is 5. The molecule has 0 fully saturated rings. The quantitative estimate of drug-likeness (QED) is 0.895. The van der Waals surface area contributed by atoms with Gasteiger partial charge >= 0.3 is 0 Å². The van der Waals surface area contributed by atoms with Crippen LogP contribution in [0, 0.1) is 0 Å². The Hall–Kier alpha value is -1.71. The van der Waals surface area contributed by atoms with E-state index >= 15 is 0 Å². The number of benzene rings is 1. The Labute approximate surface area is 114 Å². The topological polar surface area (TPSA) is 53.1 Å². The van der Waals surface area contributed by atoms with Gasteiger partial charge in [-0.1, -0.05) is 26.8 Å². The van der Waals surface area contributed by atoms with Crippen molar-refractivity contribution in [3.05, 3.63) is 18.2 Å². The summed E-state index contributed by atoms with van der Waals surface area (Å²) in [5.74, 6) is 1.35. The highest BCUT2D eigenvalue weighted by molar-refractivity contribution is 5.84. The van der Waals surface area contributed by atoms with E-state index in [0.717, 1.165) is 36.0 Å². The first-order valence-corrected chi connectivity index (χ1v) is 6.95. The fourth-order valence-corrected chi connectivity index (χ4v) is 2.98. The molecule has 0 unspecified atom stereocenters. The molecule has 0 aliphatic carbocycles. The lowest BCUT2D eigenvalue weighted by molar-refractivity contribution is 0.262. The van der Waals surface area contributed by atoms with E-state index in [0.29, 0.717) is 5.95 Å². The highest BCUT2D eigenvalue weighted by Crippen LogP contribution is 2.37. The molecule has 1 aromatic carbocycles. The molecule has 4 heteroatoms. The van der Waals surface area contributed by atoms with Crippen LogP contribution < -0.4 is 10.5 Å². The minimum Gasteiger partial charge on any atom is -0.494 e. The third-order valence-electron chi connectivity index (χ3n) is 4.34. The van der Waals surface area contributed by atoms with E-state index in [1.807, 2.05) is 12.1 Å². The first kappa shape index (κ1) is 13.7. The monoisotopic (exact) mass is 261 g/mol. The summed E-state index contributed by atoms with van der Waals surface area (Å²) in [6.07, 6.45) is 3.10. The first-order valence-electron chi connectivity index (χ1n) is 6.95. The molecule has 2 rings (SSSR count). The minimum atomic E-state index is 0.0329. The Morgan fingerprint density at radius 1 is 1.21 bits per heavy atom. The summed E-state index contributed by atoms with van der Waals surface area (Å²) in [6.45, 7) is 6.62. The number of para-hydroxylation sites is 1. The maximum absolute atomic E-state index is 6.19. The zero-order valence-electron chi connectivity index (χ0n) is 12.2. The van der Waals surface area contributed by atoms with E-state index in [1.54, 1.807) is 7.11 Å². The maximum Gasteiger partial charge on any atom is 0.201 e. The van der Waals surface area contributed by atoms with Crippen LogP contribution in [0.2, 0.25) is 0 Å². The highest BCUT2D eigenvalue weighted by Gasteiger charge is 2.30. The maximum atomic E-state index is 6.19. The summed E-state index contributed by atoms with van der Waals surface area (Å²) >= 11 is 0. The number of fused-ring (bicyclic) bond motifs is 1. The van der Waals surface area contributed by atoms with E-state index in [-0.39, 0.29) is 5.54 Å². The van der Waals surface area contributed by atoms with Crippen LogP contribution in [0.5, 0.6) is 5.75 Å². The summed E-state index contributed by atoms with van der Waals surface area (Å²) in [7, 11) is 1.66. The molecule has 0 saturated heterocycles. The molecular formula is C15H23N3O. The fraction of sp³-hybridized carbons (Fsp3) is 0.533. The van der Waals surface area contributed by atoms with Crippen LogP contribution in [0.1, 0.15) is 40.0 Å². The lowest BCUT2D eigenvalue weighted by atomic mass is 9.89. The number of nitrogens with two attached hydrogens (primary N) is 1. The summed E-state index contributed by atoms with van der Waals surface area (Å²) in [5, 5.41) is 0. The number of hydrogen-bond acceptors (Lipinski definition) is 3. The third-order valence-corrected chi connectivity index (χ3v) is 4.34. The van der Waals surface area contributed by atoms with Gasteiger partial charge in [-0.05, 0) is 31.4 Å². The zero-order valence-corrected chi connectivity index (χ0v) is 12.2. The predicted octanol–water partition coefficient (Wildman–Crippen LogP) is 3.55. The van der Waals surface area contributed by atoms with Crippen molar-refractivity contribution in [1.29, 1.82) is 0 Å². The molecule has 4 nitrogen and oxygen atoms in total. The summed E-state index contributed by atoms with van der Waals surface area (Å²) < 4.78 is 7.56. The van der Waals surface area contributed by atoms with Crippen LogP contribution in [0.15, 0.2) is 18.2 Å². The van der Waals surface area contributed by atoms with Gasteiger partial charge in [0.1, 0.15) is 11.3 Å². The van der Waals surface area contributed by atoms with E-state index in [1.165, 1.54) is 0 Å². The van der Waals surface area contributed by atoms with E-state index < -0.39 is 0 Å². The third kappa shape index (κ3) is 1.95. The van der Waals surface area contributed by atoms with Gasteiger partial charge in [-0.25, -0.2) is 4.98 Å². The number of imidazole rings is 1. The van der Waals surface area contributed by atoms with Crippen molar-refractivity contribution in [1.82, 2.24) is 9.55 Å². The van der Waals surface area contributed by atoms with Crippen LogP contribution in [0.4, 0.5) is 5.95 Å². The number of anilines is 1. The van der Waals surface area contributed by atoms with Gasteiger partial charge in [0, 0.05) is 5.54 Å².